The highest BCUT2D eigenvalue weighted by atomic mass is 16.2. The molecular formula is C24H20N2O2. The first kappa shape index (κ1) is 17.7. The van der Waals surface area contributed by atoms with Gasteiger partial charge < -0.3 is 5.32 Å². The Morgan fingerprint density at radius 2 is 1.36 bits per heavy atom. The molecule has 2 amide bonds. The summed E-state index contributed by atoms with van der Waals surface area (Å²) in [5, 5.41) is 3.22. The molecule has 3 aromatic rings. The van der Waals surface area contributed by atoms with Crippen LogP contribution in [0.25, 0.3) is 5.57 Å². The Labute approximate surface area is 164 Å². The maximum Gasteiger partial charge on any atom is 0.278 e. The van der Waals surface area contributed by atoms with Gasteiger partial charge in [-0.15, -0.1) is 0 Å². The summed E-state index contributed by atoms with van der Waals surface area (Å²) < 4.78 is 0. The molecule has 0 bridgehead atoms. The molecule has 0 fully saturated rings. The van der Waals surface area contributed by atoms with E-state index in [0.717, 1.165) is 22.4 Å². The zero-order valence-corrected chi connectivity index (χ0v) is 15.6. The molecular weight excluding hydrogens is 348 g/mol. The lowest BCUT2D eigenvalue weighted by molar-refractivity contribution is -0.137. The summed E-state index contributed by atoms with van der Waals surface area (Å²) >= 11 is 0. The van der Waals surface area contributed by atoms with Gasteiger partial charge >= 0.3 is 0 Å². The van der Waals surface area contributed by atoms with E-state index in [4.69, 9.17) is 0 Å². The third-order valence-corrected chi connectivity index (χ3v) is 4.82. The second kappa shape index (κ2) is 7.53. The number of anilines is 1. The zero-order chi connectivity index (χ0) is 19.5. The second-order valence-electron chi connectivity index (χ2n) is 6.74. The molecule has 0 spiro atoms. The number of amides is 2. The lowest BCUT2D eigenvalue weighted by Crippen LogP contribution is -2.32. The van der Waals surface area contributed by atoms with Gasteiger partial charge in [-0.2, -0.15) is 0 Å². The monoisotopic (exact) mass is 368 g/mol. The Hall–Kier alpha value is -3.66. The van der Waals surface area contributed by atoms with Crippen molar-refractivity contribution in [2.75, 3.05) is 5.32 Å². The van der Waals surface area contributed by atoms with E-state index in [2.05, 4.69) is 5.32 Å². The van der Waals surface area contributed by atoms with Gasteiger partial charge in [0.1, 0.15) is 5.70 Å². The van der Waals surface area contributed by atoms with Crippen LogP contribution in [0.4, 0.5) is 5.69 Å². The minimum Gasteiger partial charge on any atom is -0.350 e. The van der Waals surface area contributed by atoms with E-state index < -0.39 is 0 Å². The van der Waals surface area contributed by atoms with Gasteiger partial charge in [0.25, 0.3) is 11.8 Å². The van der Waals surface area contributed by atoms with Crippen molar-refractivity contribution in [1.82, 2.24) is 4.90 Å². The molecule has 138 valence electrons. The third kappa shape index (κ3) is 3.32. The number of para-hydroxylation sites is 1. The van der Waals surface area contributed by atoms with E-state index in [1.807, 2.05) is 91.9 Å². The Morgan fingerprint density at radius 1 is 0.750 bits per heavy atom. The number of imide groups is 1. The molecule has 0 aromatic heterocycles. The largest absolute Gasteiger partial charge is 0.350 e. The summed E-state index contributed by atoms with van der Waals surface area (Å²) in [4.78, 5) is 27.7. The standard InChI is InChI=1S/C24H20N2O2/c1-17-10-8-9-15-20(17)25-22-21(19-13-6-3-7-14-19)23(27)26(24(22)28)16-18-11-4-2-5-12-18/h2-15,25H,16H2,1H3. The third-order valence-electron chi connectivity index (χ3n) is 4.82. The van der Waals surface area contributed by atoms with Crippen molar-refractivity contribution < 1.29 is 9.59 Å². The molecule has 0 atom stereocenters. The lowest BCUT2D eigenvalue weighted by atomic mass is 10.0. The molecule has 1 aliphatic heterocycles. The van der Waals surface area contributed by atoms with Gasteiger partial charge in [-0.3, -0.25) is 14.5 Å². The summed E-state index contributed by atoms with van der Waals surface area (Å²) in [5.74, 6) is -0.591. The fourth-order valence-electron chi connectivity index (χ4n) is 3.32. The molecule has 0 aliphatic carbocycles. The topological polar surface area (TPSA) is 49.4 Å². The van der Waals surface area contributed by atoms with E-state index in [1.54, 1.807) is 0 Å². The molecule has 4 rings (SSSR count). The van der Waals surface area contributed by atoms with Crippen LogP contribution < -0.4 is 5.32 Å². The van der Waals surface area contributed by atoms with E-state index >= 15 is 0 Å². The predicted octanol–water partition coefficient (Wildman–Crippen LogP) is 4.39. The Balaban J connectivity index is 1.75. The molecule has 0 unspecified atom stereocenters. The second-order valence-corrected chi connectivity index (χ2v) is 6.74. The van der Waals surface area contributed by atoms with Gasteiger partial charge in [0.05, 0.1) is 12.1 Å². The van der Waals surface area contributed by atoms with Crippen LogP contribution >= 0.6 is 0 Å². The highest BCUT2D eigenvalue weighted by Gasteiger charge is 2.39. The molecule has 1 N–H and O–H groups in total. The van der Waals surface area contributed by atoms with Gasteiger partial charge in [-0.1, -0.05) is 78.9 Å². The van der Waals surface area contributed by atoms with Crippen LogP contribution in [0.15, 0.2) is 90.6 Å². The first-order valence-electron chi connectivity index (χ1n) is 9.17. The zero-order valence-electron chi connectivity index (χ0n) is 15.6. The SMILES string of the molecule is Cc1ccccc1NC1=C(c2ccccc2)C(=O)N(Cc2ccccc2)C1=O. The minimum absolute atomic E-state index is 0.244. The number of benzene rings is 3. The summed E-state index contributed by atoms with van der Waals surface area (Å²) in [6, 6.07) is 26.6. The van der Waals surface area contributed by atoms with Crippen LogP contribution in [0.2, 0.25) is 0 Å². The lowest BCUT2D eigenvalue weighted by Gasteiger charge is -2.15. The minimum atomic E-state index is -0.309. The van der Waals surface area contributed by atoms with E-state index in [-0.39, 0.29) is 18.4 Å². The number of nitrogens with one attached hydrogen (secondary N) is 1. The van der Waals surface area contributed by atoms with Gasteiger partial charge in [0.15, 0.2) is 0 Å². The van der Waals surface area contributed by atoms with Gasteiger partial charge in [-0.25, -0.2) is 0 Å². The van der Waals surface area contributed by atoms with E-state index in [9.17, 15) is 9.59 Å². The van der Waals surface area contributed by atoms with Crippen molar-refractivity contribution in [2.45, 2.75) is 13.5 Å². The van der Waals surface area contributed by atoms with Crippen LogP contribution in [0, 0.1) is 6.92 Å². The van der Waals surface area contributed by atoms with E-state index in [1.165, 1.54) is 4.90 Å². The fourth-order valence-corrected chi connectivity index (χ4v) is 3.32. The quantitative estimate of drug-likeness (QED) is 0.680. The van der Waals surface area contributed by atoms with E-state index in [0.29, 0.717) is 11.3 Å². The molecule has 4 heteroatoms. The smallest absolute Gasteiger partial charge is 0.278 e. The first-order chi connectivity index (χ1) is 13.6. The maximum absolute atomic E-state index is 13.2. The van der Waals surface area contributed by atoms with Crippen LogP contribution in [0.3, 0.4) is 0 Å². The van der Waals surface area contributed by atoms with Crippen LogP contribution in [0.1, 0.15) is 16.7 Å². The number of hydrogen-bond donors (Lipinski definition) is 1. The van der Waals surface area contributed by atoms with Crippen molar-refractivity contribution in [2.24, 2.45) is 0 Å². The number of carbonyl (C=O) groups is 2. The number of carbonyl (C=O) groups excluding carboxylic acids is 2. The molecule has 28 heavy (non-hydrogen) atoms. The van der Waals surface area contributed by atoms with Crippen molar-refractivity contribution in [3.8, 4) is 0 Å². The fraction of sp³-hybridized carbons (Fsp3) is 0.0833. The summed E-state index contributed by atoms with van der Waals surface area (Å²) in [6.45, 7) is 2.21. The molecule has 3 aromatic carbocycles. The molecule has 0 saturated heterocycles. The Morgan fingerprint density at radius 3 is 2.04 bits per heavy atom. The van der Waals surface area contributed by atoms with Crippen molar-refractivity contribution in [3.05, 3.63) is 107 Å². The number of hydrogen-bond acceptors (Lipinski definition) is 3. The van der Waals surface area contributed by atoms with Crippen LogP contribution in [0.5, 0.6) is 0 Å². The maximum atomic E-state index is 13.2. The van der Waals surface area contributed by atoms with Crippen molar-refractivity contribution in [1.29, 1.82) is 0 Å². The van der Waals surface area contributed by atoms with Gasteiger partial charge in [0, 0.05) is 5.69 Å². The molecule has 0 saturated carbocycles. The highest BCUT2D eigenvalue weighted by molar-refractivity contribution is 6.36. The summed E-state index contributed by atoms with van der Waals surface area (Å²) in [6.07, 6.45) is 0. The Kier molecular flexibility index (Phi) is 4.77. The molecule has 1 heterocycles. The normalized spacial score (nSPS) is 14.0. The predicted molar refractivity (Wildman–Crippen MR) is 110 cm³/mol. The number of nitrogens with zero attached hydrogens (tertiary/aromatic N) is 1. The molecule has 1 aliphatic rings. The molecule has 0 radical (unpaired) electrons. The number of rotatable bonds is 5. The average molecular weight is 368 g/mol. The van der Waals surface area contributed by atoms with Gasteiger partial charge in [0.2, 0.25) is 0 Å². The highest BCUT2D eigenvalue weighted by Crippen LogP contribution is 2.32. The van der Waals surface area contributed by atoms with Crippen LogP contribution in [-0.2, 0) is 16.1 Å². The van der Waals surface area contributed by atoms with Crippen LogP contribution in [-0.4, -0.2) is 16.7 Å². The van der Waals surface area contributed by atoms with Crippen molar-refractivity contribution >= 4 is 23.1 Å². The molecule has 4 nitrogen and oxygen atoms in total. The number of aryl methyl sites for hydroxylation is 1. The van der Waals surface area contributed by atoms with Gasteiger partial charge in [-0.05, 0) is 29.7 Å². The van der Waals surface area contributed by atoms with Crippen molar-refractivity contribution in [3.63, 3.8) is 0 Å². The summed E-state index contributed by atoms with van der Waals surface area (Å²) in [5.41, 5.74) is 4.19. The first-order valence-corrected chi connectivity index (χ1v) is 9.17. The summed E-state index contributed by atoms with van der Waals surface area (Å²) in [7, 11) is 0. The average Bonchev–Trinajstić information content (AvgIpc) is 2.95. The Bertz CT molecular complexity index is 1060.